The molecule has 0 aliphatic rings. The maximum atomic E-state index is 13.0. The van der Waals surface area contributed by atoms with Crippen molar-refractivity contribution >= 4 is 11.9 Å². The third kappa shape index (κ3) is 8.56. The van der Waals surface area contributed by atoms with Crippen LogP contribution in [0.5, 0.6) is 0 Å². The van der Waals surface area contributed by atoms with Crippen molar-refractivity contribution in [2.75, 3.05) is 6.61 Å². The van der Waals surface area contributed by atoms with E-state index in [0.717, 1.165) is 43.2 Å². The topological polar surface area (TPSA) is 52.6 Å². The van der Waals surface area contributed by atoms with E-state index in [0.29, 0.717) is 17.7 Å². The van der Waals surface area contributed by atoms with Gasteiger partial charge in [0.05, 0.1) is 17.7 Å². The minimum absolute atomic E-state index is 0.176. The molecule has 31 heavy (non-hydrogen) atoms. The molecule has 0 unspecified atom stereocenters. The summed E-state index contributed by atoms with van der Waals surface area (Å²) in [5.41, 5.74) is 2.43. The number of carbonyl (C=O) groups excluding carboxylic acids is 2. The fraction of sp³-hybridized carbons (Fsp3) is 0.481. The second kappa shape index (κ2) is 14.4. The molecule has 0 radical (unpaired) electrons. The first-order valence-electron chi connectivity index (χ1n) is 11.7. The predicted molar refractivity (Wildman–Crippen MR) is 124 cm³/mol. The van der Waals surface area contributed by atoms with Gasteiger partial charge in [-0.3, -0.25) is 0 Å². The number of rotatable bonds is 14. The first kappa shape index (κ1) is 24.6. The van der Waals surface area contributed by atoms with Crippen molar-refractivity contribution < 1.29 is 19.1 Å². The van der Waals surface area contributed by atoms with E-state index in [4.69, 9.17) is 9.47 Å². The lowest BCUT2D eigenvalue weighted by Crippen LogP contribution is -2.17. The minimum atomic E-state index is -0.465. The van der Waals surface area contributed by atoms with Gasteiger partial charge in [0.25, 0.3) is 0 Å². The van der Waals surface area contributed by atoms with Gasteiger partial charge in [0, 0.05) is 0 Å². The highest BCUT2D eigenvalue weighted by molar-refractivity contribution is 6.04. The highest BCUT2D eigenvalue weighted by Gasteiger charge is 2.23. The molecule has 0 amide bonds. The molecule has 168 valence electrons. The van der Waals surface area contributed by atoms with Crippen molar-refractivity contribution in [3.05, 3.63) is 70.8 Å². The van der Waals surface area contributed by atoms with Gasteiger partial charge in [-0.15, -0.1) is 0 Å². The lowest BCUT2D eigenvalue weighted by Gasteiger charge is -2.14. The Morgan fingerprint density at radius 3 is 2.16 bits per heavy atom. The minimum Gasteiger partial charge on any atom is -0.462 e. The smallest absolute Gasteiger partial charge is 0.339 e. The Balaban J connectivity index is 2.13. The van der Waals surface area contributed by atoms with Gasteiger partial charge in [-0.05, 0) is 36.5 Å². The maximum absolute atomic E-state index is 13.0. The Bertz CT molecular complexity index is 798. The van der Waals surface area contributed by atoms with Crippen molar-refractivity contribution in [1.29, 1.82) is 0 Å². The van der Waals surface area contributed by atoms with E-state index in [9.17, 15) is 9.59 Å². The number of hydrogen-bond acceptors (Lipinski definition) is 4. The van der Waals surface area contributed by atoms with E-state index in [1.807, 2.05) is 49.4 Å². The predicted octanol–water partition coefficient (Wildman–Crippen LogP) is 6.90. The number of ether oxygens (including phenoxy) is 2. The van der Waals surface area contributed by atoms with Gasteiger partial charge in [-0.1, -0.05) is 94.8 Å². The van der Waals surface area contributed by atoms with Crippen LogP contribution >= 0.6 is 0 Å². The van der Waals surface area contributed by atoms with Gasteiger partial charge >= 0.3 is 11.9 Å². The van der Waals surface area contributed by atoms with Crippen LogP contribution in [-0.4, -0.2) is 18.5 Å². The largest absolute Gasteiger partial charge is 0.462 e. The van der Waals surface area contributed by atoms with Gasteiger partial charge in [-0.2, -0.15) is 0 Å². The van der Waals surface area contributed by atoms with Crippen molar-refractivity contribution in [1.82, 2.24) is 0 Å². The van der Waals surface area contributed by atoms with Gasteiger partial charge in [0.1, 0.15) is 6.61 Å². The summed E-state index contributed by atoms with van der Waals surface area (Å²) >= 11 is 0. The van der Waals surface area contributed by atoms with Crippen LogP contribution < -0.4 is 0 Å². The molecule has 0 N–H and O–H groups in total. The van der Waals surface area contributed by atoms with Crippen LogP contribution in [0.25, 0.3) is 0 Å². The number of hydrogen-bond donors (Lipinski definition) is 0. The zero-order valence-electron chi connectivity index (χ0n) is 19.0. The summed E-state index contributed by atoms with van der Waals surface area (Å²) < 4.78 is 11.0. The summed E-state index contributed by atoms with van der Waals surface area (Å²) in [6.07, 6.45) is 9.51. The van der Waals surface area contributed by atoms with Gasteiger partial charge in [0.15, 0.2) is 0 Å². The van der Waals surface area contributed by atoms with Crippen molar-refractivity contribution in [3.8, 4) is 0 Å². The van der Waals surface area contributed by atoms with Crippen LogP contribution in [-0.2, 0) is 22.5 Å². The third-order valence-electron chi connectivity index (χ3n) is 5.32. The van der Waals surface area contributed by atoms with E-state index >= 15 is 0 Å². The van der Waals surface area contributed by atoms with Crippen LogP contribution in [0.3, 0.4) is 0 Å². The highest BCUT2D eigenvalue weighted by Crippen LogP contribution is 2.21. The Labute approximate surface area is 187 Å². The SMILES string of the molecule is CCCCCCCCc1cccc(C(=O)OCCCC)c1C(=O)OCc1ccccc1. The summed E-state index contributed by atoms with van der Waals surface area (Å²) in [5, 5.41) is 0. The molecule has 0 bridgehead atoms. The Morgan fingerprint density at radius 1 is 0.710 bits per heavy atom. The molecule has 4 heteroatoms. The highest BCUT2D eigenvalue weighted by atomic mass is 16.5. The Morgan fingerprint density at radius 2 is 1.42 bits per heavy atom. The molecule has 0 aliphatic heterocycles. The van der Waals surface area contributed by atoms with Crippen molar-refractivity contribution in [3.63, 3.8) is 0 Å². The molecule has 2 aromatic carbocycles. The summed E-state index contributed by atoms with van der Waals surface area (Å²) in [6, 6.07) is 15.0. The molecule has 0 atom stereocenters. The second-order valence-corrected chi connectivity index (χ2v) is 7.91. The maximum Gasteiger partial charge on any atom is 0.339 e. The van der Waals surface area contributed by atoms with Crippen LogP contribution in [0, 0.1) is 0 Å². The molecule has 0 aliphatic carbocycles. The molecular weight excluding hydrogens is 388 g/mol. The van der Waals surface area contributed by atoms with E-state index in [1.54, 1.807) is 6.07 Å². The van der Waals surface area contributed by atoms with Gasteiger partial charge in [-0.25, -0.2) is 9.59 Å². The van der Waals surface area contributed by atoms with Crippen LogP contribution in [0.1, 0.15) is 97.1 Å². The molecule has 0 saturated heterocycles. The van der Waals surface area contributed by atoms with Crippen molar-refractivity contribution in [2.45, 2.75) is 78.2 Å². The molecule has 0 heterocycles. The Kier molecular flexibility index (Phi) is 11.4. The summed E-state index contributed by atoms with van der Waals surface area (Å²) in [7, 11) is 0. The molecule has 2 aromatic rings. The molecule has 0 spiro atoms. The second-order valence-electron chi connectivity index (χ2n) is 7.91. The number of aryl methyl sites for hydroxylation is 1. The fourth-order valence-electron chi connectivity index (χ4n) is 3.50. The van der Waals surface area contributed by atoms with E-state index < -0.39 is 11.9 Å². The molecule has 0 fully saturated rings. The fourth-order valence-corrected chi connectivity index (χ4v) is 3.50. The number of unbranched alkanes of at least 4 members (excludes halogenated alkanes) is 6. The van der Waals surface area contributed by atoms with Crippen LogP contribution in [0.15, 0.2) is 48.5 Å². The van der Waals surface area contributed by atoms with Crippen LogP contribution in [0.4, 0.5) is 0 Å². The normalized spacial score (nSPS) is 10.6. The van der Waals surface area contributed by atoms with Crippen LogP contribution in [0.2, 0.25) is 0 Å². The summed E-state index contributed by atoms with van der Waals surface area (Å²) in [6.45, 7) is 4.78. The van der Waals surface area contributed by atoms with E-state index in [1.165, 1.54) is 25.7 Å². The average molecular weight is 425 g/mol. The zero-order chi connectivity index (χ0) is 22.3. The number of carbonyl (C=O) groups is 2. The monoisotopic (exact) mass is 424 g/mol. The molecular formula is C27H36O4. The Hall–Kier alpha value is -2.62. The van der Waals surface area contributed by atoms with Gasteiger partial charge < -0.3 is 9.47 Å². The number of esters is 2. The first-order chi connectivity index (χ1) is 15.2. The van der Waals surface area contributed by atoms with Crippen molar-refractivity contribution in [2.24, 2.45) is 0 Å². The quantitative estimate of drug-likeness (QED) is 0.244. The van der Waals surface area contributed by atoms with E-state index in [-0.39, 0.29) is 6.61 Å². The molecule has 0 aromatic heterocycles. The average Bonchev–Trinajstić information content (AvgIpc) is 2.80. The lowest BCUT2D eigenvalue weighted by molar-refractivity contribution is 0.0435. The van der Waals surface area contributed by atoms with E-state index in [2.05, 4.69) is 6.92 Å². The lowest BCUT2D eigenvalue weighted by atomic mass is 9.96. The molecule has 2 rings (SSSR count). The third-order valence-corrected chi connectivity index (χ3v) is 5.32. The van der Waals surface area contributed by atoms with Gasteiger partial charge in [0.2, 0.25) is 0 Å². The standard InChI is InChI=1S/C27H36O4/c1-3-5-7-8-9-13-17-23-18-14-19-24(26(28)30-20-6-4-2)25(23)27(29)31-21-22-15-11-10-12-16-22/h10-12,14-16,18-19H,3-9,13,17,20-21H2,1-2H3. The molecule has 4 nitrogen and oxygen atoms in total. The summed E-state index contributed by atoms with van der Waals surface area (Å²) in [5.74, 6) is -0.919. The summed E-state index contributed by atoms with van der Waals surface area (Å²) in [4.78, 5) is 25.7. The molecule has 0 saturated carbocycles. The number of benzene rings is 2. The zero-order valence-corrected chi connectivity index (χ0v) is 19.0. The first-order valence-corrected chi connectivity index (χ1v) is 11.7.